The van der Waals surface area contributed by atoms with Gasteiger partial charge in [-0.1, -0.05) is 42.5 Å². The third-order valence-electron chi connectivity index (χ3n) is 3.94. The van der Waals surface area contributed by atoms with E-state index in [4.69, 9.17) is 0 Å². The molecule has 1 aliphatic heterocycles. The van der Waals surface area contributed by atoms with Gasteiger partial charge in [0.1, 0.15) is 0 Å². The molecule has 1 atom stereocenters. The molecule has 0 spiro atoms. The highest BCUT2D eigenvalue weighted by Crippen LogP contribution is 2.40. The molecule has 2 aromatic carbocycles. The van der Waals surface area contributed by atoms with E-state index < -0.39 is 0 Å². The normalized spacial score (nSPS) is 16.5. The van der Waals surface area contributed by atoms with E-state index in [0.29, 0.717) is 0 Å². The van der Waals surface area contributed by atoms with Crippen molar-refractivity contribution in [3.8, 4) is 0 Å². The minimum atomic E-state index is -0.0971. The summed E-state index contributed by atoms with van der Waals surface area (Å²) >= 11 is 1.74. The number of amides is 1. The van der Waals surface area contributed by atoms with Gasteiger partial charge in [-0.15, -0.1) is 11.8 Å². The summed E-state index contributed by atoms with van der Waals surface area (Å²) < 4.78 is 0. The van der Waals surface area contributed by atoms with Crippen LogP contribution in [0.5, 0.6) is 0 Å². The smallest absolute Gasteiger partial charge is 0.232 e. The zero-order valence-corrected chi connectivity index (χ0v) is 12.6. The standard InChI is InChI=1S/C18H14N2OS/c21-18(15-11-22-17-8-4-3-7-14(15)17)20-16-10-19-9-12-5-1-2-6-13(12)16/h1-10,15H,11H2,(H,20,21). The maximum absolute atomic E-state index is 12.7. The molecule has 0 fully saturated rings. The molecule has 22 heavy (non-hydrogen) atoms. The molecule has 4 rings (SSSR count). The van der Waals surface area contributed by atoms with Crippen LogP contribution in [0.4, 0.5) is 5.69 Å². The van der Waals surface area contributed by atoms with Crippen LogP contribution in [0.2, 0.25) is 0 Å². The Labute approximate surface area is 132 Å². The van der Waals surface area contributed by atoms with Gasteiger partial charge in [0.2, 0.25) is 5.91 Å². The van der Waals surface area contributed by atoms with Gasteiger partial charge >= 0.3 is 0 Å². The molecule has 1 N–H and O–H groups in total. The van der Waals surface area contributed by atoms with Gasteiger partial charge in [0, 0.05) is 27.6 Å². The first-order valence-corrected chi connectivity index (χ1v) is 8.17. The van der Waals surface area contributed by atoms with Crippen molar-refractivity contribution in [2.24, 2.45) is 0 Å². The number of hydrogen-bond acceptors (Lipinski definition) is 3. The van der Waals surface area contributed by atoms with Crippen molar-refractivity contribution in [1.82, 2.24) is 4.98 Å². The SMILES string of the molecule is O=C(Nc1cncc2ccccc12)C1CSc2ccccc21. The van der Waals surface area contributed by atoms with Crippen LogP contribution < -0.4 is 5.32 Å². The molecule has 3 nitrogen and oxygen atoms in total. The Hall–Kier alpha value is -2.33. The second-order valence-corrected chi connectivity index (χ2v) is 6.36. The predicted molar refractivity (Wildman–Crippen MR) is 90.3 cm³/mol. The Morgan fingerprint density at radius 2 is 1.91 bits per heavy atom. The lowest BCUT2D eigenvalue weighted by Crippen LogP contribution is -2.21. The molecule has 1 amide bonds. The highest BCUT2D eigenvalue weighted by Gasteiger charge is 2.29. The first kappa shape index (κ1) is 13.3. The molecular weight excluding hydrogens is 292 g/mol. The van der Waals surface area contributed by atoms with Crippen molar-refractivity contribution < 1.29 is 4.79 Å². The summed E-state index contributed by atoms with van der Waals surface area (Å²) in [7, 11) is 0. The van der Waals surface area contributed by atoms with Crippen LogP contribution in [0.1, 0.15) is 11.5 Å². The molecule has 0 aliphatic carbocycles. The van der Waals surface area contributed by atoms with E-state index in [2.05, 4.69) is 16.4 Å². The lowest BCUT2D eigenvalue weighted by molar-refractivity contribution is -0.117. The van der Waals surface area contributed by atoms with Crippen molar-refractivity contribution in [2.45, 2.75) is 10.8 Å². The quantitative estimate of drug-likeness (QED) is 0.776. The maximum Gasteiger partial charge on any atom is 0.232 e. The van der Waals surface area contributed by atoms with E-state index in [1.165, 1.54) is 4.90 Å². The van der Waals surface area contributed by atoms with E-state index in [1.54, 1.807) is 18.0 Å². The summed E-state index contributed by atoms with van der Waals surface area (Å²) in [5.74, 6) is 0.736. The van der Waals surface area contributed by atoms with Gasteiger partial charge in [-0.25, -0.2) is 0 Å². The molecule has 3 aromatic rings. The van der Waals surface area contributed by atoms with Crippen LogP contribution in [0.25, 0.3) is 10.8 Å². The summed E-state index contributed by atoms with van der Waals surface area (Å²) in [4.78, 5) is 18.1. The number of aromatic nitrogens is 1. The number of carbonyl (C=O) groups is 1. The lowest BCUT2D eigenvalue weighted by atomic mass is 10.0. The molecule has 2 heterocycles. The number of thioether (sulfide) groups is 1. The van der Waals surface area contributed by atoms with Gasteiger partial charge in [-0.05, 0) is 11.6 Å². The summed E-state index contributed by atoms with van der Waals surface area (Å²) in [6, 6.07) is 16.1. The van der Waals surface area contributed by atoms with Crippen LogP contribution in [0.3, 0.4) is 0 Å². The minimum Gasteiger partial charge on any atom is -0.324 e. The lowest BCUT2D eigenvalue weighted by Gasteiger charge is -2.13. The van der Waals surface area contributed by atoms with Crippen LogP contribution in [0.15, 0.2) is 65.8 Å². The zero-order valence-electron chi connectivity index (χ0n) is 11.8. The molecule has 1 aromatic heterocycles. The van der Waals surface area contributed by atoms with E-state index in [1.807, 2.05) is 48.7 Å². The number of nitrogens with zero attached hydrogens (tertiary/aromatic N) is 1. The average molecular weight is 306 g/mol. The van der Waals surface area contributed by atoms with Gasteiger partial charge < -0.3 is 5.32 Å². The Kier molecular flexibility index (Phi) is 3.31. The Morgan fingerprint density at radius 1 is 1.09 bits per heavy atom. The Bertz CT molecular complexity index is 857. The molecule has 0 saturated carbocycles. The van der Waals surface area contributed by atoms with Crippen LogP contribution in [-0.2, 0) is 4.79 Å². The van der Waals surface area contributed by atoms with Crippen molar-refractivity contribution in [1.29, 1.82) is 0 Å². The molecular formula is C18H14N2OS. The summed E-state index contributed by atoms with van der Waals surface area (Å²) in [5, 5.41) is 5.10. The molecule has 0 saturated heterocycles. The molecule has 0 radical (unpaired) electrons. The van der Waals surface area contributed by atoms with Crippen molar-refractivity contribution in [2.75, 3.05) is 11.1 Å². The number of hydrogen-bond donors (Lipinski definition) is 1. The topological polar surface area (TPSA) is 42.0 Å². The minimum absolute atomic E-state index is 0.0376. The van der Waals surface area contributed by atoms with E-state index >= 15 is 0 Å². The number of anilines is 1. The largest absolute Gasteiger partial charge is 0.324 e. The third kappa shape index (κ3) is 2.25. The fraction of sp³-hybridized carbons (Fsp3) is 0.111. The van der Waals surface area contributed by atoms with E-state index in [9.17, 15) is 4.79 Å². The fourth-order valence-corrected chi connectivity index (χ4v) is 4.04. The van der Waals surface area contributed by atoms with Gasteiger partial charge in [0.25, 0.3) is 0 Å². The summed E-state index contributed by atoms with van der Waals surface area (Å²) in [6.45, 7) is 0. The third-order valence-corrected chi connectivity index (χ3v) is 5.13. The van der Waals surface area contributed by atoms with Crippen LogP contribution >= 0.6 is 11.8 Å². The Balaban J connectivity index is 1.65. The van der Waals surface area contributed by atoms with Crippen molar-refractivity contribution in [3.63, 3.8) is 0 Å². The molecule has 108 valence electrons. The average Bonchev–Trinajstić information content (AvgIpc) is 2.99. The second-order valence-electron chi connectivity index (χ2n) is 5.30. The van der Waals surface area contributed by atoms with Gasteiger partial charge in [-0.2, -0.15) is 0 Å². The van der Waals surface area contributed by atoms with Crippen molar-refractivity contribution >= 4 is 34.1 Å². The molecule has 0 bridgehead atoms. The van der Waals surface area contributed by atoms with Gasteiger partial charge in [0.05, 0.1) is 17.8 Å². The zero-order chi connectivity index (χ0) is 14.9. The van der Waals surface area contributed by atoms with Crippen molar-refractivity contribution in [3.05, 3.63) is 66.5 Å². The Morgan fingerprint density at radius 3 is 2.86 bits per heavy atom. The van der Waals surface area contributed by atoms with Gasteiger partial charge in [0.15, 0.2) is 0 Å². The summed E-state index contributed by atoms with van der Waals surface area (Å²) in [6.07, 6.45) is 3.53. The van der Waals surface area contributed by atoms with E-state index in [-0.39, 0.29) is 11.8 Å². The number of benzene rings is 2. The molecule has 1 aliphatic rings. The summed E-state index contributed by atoms with van der Waals surface area (Å²) in [5.41, 5.74) is 1.90. The number of fused-ring (bicyclic) bond motifs is 2. The molecule has 4 heteroatoms. The highest BCUT2D eigenvalue weighted by molar-refractivity contribution is 7.99. The number of nitrogens with one attached hydrogen (secondary N) is 1. The van der Waals surface area contributed by atoms with Crippen LogP contribution in [-0.4, -0.2) is 16.6 Å². The number of pyridine rings is 1. The highest BCUT2D eigenvalue weighted by atomic mass is 32.2. The second kappa shape index (κ2) is 5.46. The molecule has 1 unspecified atom stereocenters. The number of carbonyl (C=O) groups excluding carboxylic acids is 1. The fourth-order valence-electron chi connectivity index (χ4n) is 2.82. The monoisotopic (exact) mass is 306 g/mol. The van der Waals surface area contributed by atoms with Gasteiger partial charge in [-0.3, -0.25) is 9.78 Å². The van der Waals surface area contributed by atoms with Crippen LogP contribution in [0, 0.1) is 0 Å². The predicted octanol–water partition coefficient (Wildman–Crippen LogP) is 4.06. The first-order chi connectivity index (χ1) is 10.8. The first-order valence-electron chi connectivity index (χ1n) is 7.18. The van der Waals surface area contributed by atoms with E-state index in [0.717, 1.165) is 27.8 Å². The number of rotatable bonds is 2. The maximum atomic E-state index is 12.7.